The van der Waals surface area contributed by atoms with Crippen molar-refractivity contribution in [3.8, 4) is 28.2 Å². The second-order valence-corrected chi connectivity index (χ2v) is 7.99. The smallest absolute Gasteiger partial charge is 0.220 e. The number of benzene rings is 3. The number of rotatable bonds is 7. The molecule has 0 saturated heterocycles. The zero-order valence-corrected chi connectivity index (χ0v) is 18.0. The third kappa shape index (κ3) is 4.80. The monoisotopic (exact) mass is 442 g/mol. The fourth-order valence-corrected chi connectivity index (χ4v) is 3.90. The molecule has 0 bridgehead atoms. The van der Waals surface area contributed by atoms with E-state index in [9.17, 15) is 9.18 Å². The summed E-state index contributed by atoms with van der Waals surface area (Å²) in [6.07, 6.45) is 3.03. The highest BCUT2D eigenvalue weighted by Crippen LogP contribution is 2.30. The second-order valence-electron chi connectivity index (χ2n) is 7.99. The number of ether oxygens (including phenoxy) is 1. The number of nitrogens with zero attached hydrogens (tertiary/aromatic N) is 1. The van der Waals surface area contributed by atoms with Crippen molar-refractivity contribution in [2.24, 2.45) is 0 Å². The van der Waals surface area contributed by atoms with Gasteiger partial charge in [-0.3, -0.25) is 4.79 Å². The van der Waals surface area contributed by atoms with Gasteiger partial charge in [-0.05, 0) is 46.5 Å². The van der Waals surface area contributed by atoms with Crippen LogP contribution in [0.1, 0.15) is 23.4 Å². The first kappa shape index (κ1) is 20.9. The first-order valence-corrected chi connectivity index (χ1v) is 11.0. The maximum Gasteiger partial charge on any atom is 0.220 e. The van der Waals surface area contributed by atoms with Crippen molar-refractivity contribution in [1.29, 1.82) is 0 Å². The number of oxazole rings is 1. The van der Waals surface area contributed by atoms with E-state index in [1.54, 1.807) is 18.2 Å². The molecule has 1 N–H and O–H groups in total. The van der Waals surface area contributed by atoms with Crippen molar-refractivity contribution in [3.63, 3.8) is 0 Å². The Morgan fingerprint density at radius 2 is 1.85 bits per heavy atom. The third-order valence-electron chi connectivity index (χ3n) is 5.73. The quantitative estimate of drug-likeness (QED) is 0.420. The predicted octanol–water partition coefficient (Wildman–Crippen LogP) is 5.33. The van der Waals surface area contributed by atoms with E-state index in [4.69, 9.17) is 9.15 Å². The van der Waals surface area contributed by atoms with Crippen LogP contribution >= 0.6 is 0 Å². The molecule has 166 valence electrons. The van der Waals surface area contributed by atoms with Crippen molar-refractivity contribution in [2.75, 3.05) is 6.61 Å². The van der Waals surface area contributed by atoms with Crippen molar-refractivity contribution in [2.45, 2.75) is 25.8 Å². The summed E-state index contributed by atoms with van der Waals surface area (Å²) in [4.78, 5) is 16.4. The van der Waals surface area contributed by atoms with Crippen molar-refractivity contribution >= 4 is 5.91 Å². The van der Waals surface area contributed by atoms with Crippen molar-refractivity contribution in [1.82, 2.24) is 10.3 Å². The summed E-state index contributed by atoms with van der Waals surface area (Å²) >= 11 is 0. The van der Waals surface area contributed by atoms with Crippen LogP contribution in [0.15, 0.2) is 77.3 Å². The minimum atomic E-state index is -0.367. The fraction of sp³-hybridized carbons (Fsp3) is 0.185. The molecule has 0 unspecified atom stereocenters. The molecular formula is C27H23FN2O3. The molecule has 33 heavy (non-hydrogen) atoms. The number of hydrogen-bond acceptors (Lipinski definition) is 4. The summed E-state index contributed by atoms with van der Waals surface area (Å²) in [5.41, 5.74) is 4.92. The molecule has 3 aromatic carbocycles. The van der Waals surface area contributed by atoms with Gasteiger partial charge in [0.2, 0.25) is 5.91 Å². The molecule has 6 heteroatoms. The van der Waals surface area contributed by atoms with Gasteiger partial charge in [0.25, 0.3) is 0 Å². The molecule has 0 saturated carbocycles. The molecule has 5 nitrogen and oxygen atoms in total. The second kappa shape index (κ2) is 9.28. The number of carbonyl (C=O) groups excluding carboxylic acids is 1. The first-order valence-electron chi connectivity index (χ1n) is 11.0. The van der Waals surface area contributed by atoms with Crippen LogP contribution in [-0.4, -0.2) is 17.5 Å². The van der Waals surface area contributed by atoms with Crippen LogP contribution < -0.4 is 10.1 Å². The summed E-state index contributed by atoms with van der Waals surface area (Å²) in [5.74, 6) is 1.29. The van der Waals surface area contributed by atoms with Gasteiger partial charge in [0.05, 0.1) is 18.4 Å². The Bertz CT molecular complexity index is 1280. The maximum absolute atomic E-state index is 13.9. The number of carbonyl (C=O) groups is 1. The summed E-state index contributed by atoms with van der Waals surface area (Å²) in [5, 5.41) is 2.93. The van der Waals surface area contributed by atoms with E-state index < -0.39 is 0 Å². The van der Waals surface area contributed by atoms with Crippen LogP contribution in [0, 0.1) is 5.82 Å². The Morgan fingerprint density at radius 1 is 1.03 bits per heavy atom. The van der Waals surface area contributed by atoms with E-state index in [1.807, 2.05) is 18.2 Å². The van der Waals surface area contributed by atoms with E-state index in [0.29, 0.717) is 30.2 Å². The van der Waals surface area contributed by atoms with Crippen LogP contribution in [0.4, 0.5) is 4.39 Å². The highest BCUT2D eigenvalue weighted by atomic mass is 19.1. The van der Waals surface area contributed by atoms with Gasteiger partial charge in [0, 0.05) is 25.8 Å². The molecule has 0 spiro atoms. The van der Waals surface area contributed by atoms with Gasteiger partial charge in [-0.15, -0.1) is 0 Å². The molecular weight excluding hydrogens is 419 g/mol. The summed E-state index contributed by atoms with van der Waals surface area (Å²) in [6, 6.07) is 20.8. The molecule has 0 radical (unpaired) electrons. The third-order valence-corrected chi connectivity index (χ3v) is 5.73. The lowest BCUT2D eigenvalue weighted by Gasteiger charge is -2.08. The molecule has 0 atom stereocenters. The lowest BCUT2D eigenvalue weighted by molar-refractivity contribution is -0.121. The zero-order chi connectivity index (χ0) is 22.6. The molecule has 5 rings (SSSR count). The van der Waals surface area contributed by atoms with Gasteiger partial charge in [0.1, 0.15) is 11.6 Å². The summed E-state index contributed by atoms with van der Waals surface area (Å²) < 4.78 is 25.1. The molecule has 1 aliphatic heterocycles. The predicted molar refractivity (Wildman–Crippen MR) is 123 cm³/mol. The number of amides is 1. The summed E-state index contributed by atoms with van der Waals surface area (Å²) in [7, 11) is 0. The number of nitrogens with one attached hydrogen (secondary N) is 1. The van der Waals surface area contributed by atoms with E-state index >= 15 is 0 Å². The van der Waals surface area contributed by atoms with Crippen molar-refractivity contribution in [3.05, 3.63) is 95.8 Å². The van der Waals surface area contributed by atoms with Gasteiger partial charge in [-0.1, -0.05) is 42.5 Å². The number of aryl methyl sites for hydroxylation is 1. The van der Waals surface area contributed by atoms with Gasteiger partial charge in [-0.25, -0.2) is 9.37 Å². The SMILES string of the molecule is O=C(CCc1ncc(-c2ccccc2F)o1)NCc1ccc(-c2ccc3c(c2)CCO3)cc1. The molecule has 0 aliphatic carbocycles. The Hall–Kier alpha value is -3.93. The maximum atomic E-state index is 13.9. The zero-order valence-electron chi connectivity index (χ0n) is 18.0. The average Bonchev–Trinajstić information content (AvgIpc) is 3.51. The van der Waals surface area contributed by atoms with Gasteiger partial charge in [-0.2, -0.15) is 0 Å². The Morgan fingerprint density at radius 3 is 2.70 bits per heavy atom. The molecule has 1 aliphatic rings. The van der Waals surface area contributed by atoms with E-state index in [-0.39, 0.29) is 18.1 Å². The van der Waals surface area contributed by atoms with E-state index in [1.165, 1.54) is 17.8 Å². The van der Waals surface area contributed by atoms with Crippen LogP contribution in [0.3, 0.4) is 0 Å². The summed E-state index contributed by atoms with van der Waals surface area (Å²) in [6.45, 7) is 1.20. The van der Waals surface area contributed by atoms with Crippen molar-refractivity contribution < 1.29 is 18.3 Å². The largest absolute Gasteiger partial charge is 0.493 e. The average molecular weight is 442 g/mol. The van der Waals surface area contributed by atoms with Crippen LogP contribution in [0.2, 0.25) is 0 Å². The van der Waals surface area contributed by atoms with E-state index in [2.05, 4.69) is 34.6 Å². The topological polar surface area (TPSA) is 64.4 Å². The molecule has 4 aromatic rings. The Balaban J connectivity index is 1.12. The lowest BCUT2D eigenvalue weighted by atomic mass is 10.0. The van der Waals surface area contributed by atoms with Crippen LogP contribution in [-0.2, 0) is 24.2 Å². The fourth-order valence-electron chi connectivity index (χ4n) is 3.90. The van der Waals surface area contributed by atoms with Gasteiger partial charge < -0.3 is 14.5 Å². The number of aromatic nitrogens is 1. The Labute approximate surface area is 191 Å². The molecule has 1 aromatic heterocycles. The minimum Gasteiger partial charge on any atom is -0.493 e. The normalized spacial score (nSPS) is 12.3. The van der Waals surface area contributed by atoms with Crippen LogP contribution in [0.25, 0.3) is 22.5 Å². The van der Waals surface area contributed by atoms with Gasteiger partial charge in [0.15, 0.2) is 11.7 Å². The highest BCUT2D eigenvalue weighted by molar-refractivity contribution is 5.76. The molecule has 2 heterocycles. The highest BCUT2D eigenvalue weighted by Gasteiger charge is 2.13. The van der Waals surface area contributed by atoms with E-state index in [0.717, 1.165) is 35.5 Å². The first-order chi connectivity index (χ1) is 16.2. The Kier molecular flexibility index (Phi) is 5.89. The lowest BCUT2D eigenvalue weighted by Crippen LogP contribution is -2.23. The minimum absolute atomic E-state index is 0.0941. The standard InChI is InChI=1S/C27H23FN2O3/c28-23-4-2-1-3-22(23)25-17-30-27(33-25)12-11-26(31)29-16-18-5-7-19(8-6-18)20-9-10-24-21(15-20)13-14-32-24/h1-10,15,17H,11-14,16H2,(H,29,31). The number of hydrogen-bond donors (Lipinski definition) is 1. The molecule has 0 fully saturated rings. The number of halogens is 1. The van der Waals surface area contributed by atoms with Crippen LogP contribution in [0.5, 0.6) is 5.75 Å². The van der Waals surface area contributed by atoms with Gasteiger partial charge >= 0.3 is 0 Å². The number of fused-ring (bicyclic) bond motifs is 1. The molecule has 1 amide bonds.